The highest BCUT2D eigenvalue weighted by Crippen LogP contribution is 2.33. The van der Waals surface area contributed by atoms with Crippen LogP contribution in [0.1, 0.15) is 15.9 Å². The highest BCUT2D eigenvalue weighted by molar-refractivity contribution is 9.10. The number of hydrogen-bond donors (Lipinski definition) is 0. The lowest BCUT2D eigenvalue weighted by Gasteiger charge is -2.11. The molecule has 0 amide bonds. The molecule has 0 saturated heterocycles. The van der Waals surface area contributed by atoms with Crippen LogP contribution in [0.3, 0.4) is 0 Å². The zero-order valence-corrected chi connectivity index (χ0v) is 14.0. The second-order valence-electron chi connectivity index (χ2n) is 4.41. The lowest BCUT2D eigenvalue weighted by atomic mass is 10.0. The third-order valence-electron chi connectivity index (χ3n) is 3.05. The molecular weight excluding hydrogens is 356 g/mol. The quantitative estimate of drug-likeness (QED) is 0.726. The van der Waals surface area contributed by atoms with Crippen LogP contribution in [-0.4, -0.2) is 20.0 Å². The van der Waals surface area contributed by atoms with E-state index in [9.17, 15) is 4.79 Å². The third-order valence-corrected chi connectivity index (χ3v) is 3.89. The van der Waals surface area contributed by atoms with Crippen LogP contribution in [0.25, 0.3) is 0 Å². The van der Waals surface area contributed by atoms with Crippen LogP contribution in [-0.2, 0) is 6.42 Å². The molecule has 0 heterocycles. The normalized spacial score (nSPS) is 10.3. The van der Waals surface area contributed by atoms with E-state index in [-0.39, 0.29) is 12.2 Å². The first-order chi connectivity index (χ1) is 10.0. The van der Waals surface area contributed by atoms with Gasteiger partial charge in [-0.15, -0.1) is 0 Å². The van der Waals surface area contributed by atoms with Gasteiger partial charge < -0.3 is 9.47 Å². The van der Waals surface area contributed by atoms with Crippen LogP contribution in [0.4, 0.5) is 0 Å². The van der Waals surface area contributed by atoms with Gasteiger partial charge in [-0.25, -0.2) is 0 Å². The van der Waals surface area contributed by atoms with Gasteiger partial charge in [0, 0.05) is 22.5 Å². The van der Waals surface area contributed by atoms with Crippen molar-refractivity contribution in [3.8, 4) is 11.5 Å². The molecule has 0 saturated carbocycles. The summed E-state index contributed by atoms with van der Waals surface area (Å²) in [5.41, 5.74) is 1.35. The molecule has 2 aromatic rings. The van der Waals surface area contributed by atoms with Gasteiger partial charge in [-0.1, -0.05) is 39.7 Å². The monoisotopic (exact) mass is 368 g/mol. The van der Waals surface area contributed by atoms with Gasteiger partial charge in [0.25, 0.3) is 0 Å². The van der Waals surface area contributed by atoms with Gasteiger partial charge in [-0.2, -0.15) is 0 Å². The number of methoxy groups -OCH3 is 2. The van der Waals surface area contributed by atoms with Crippen LogP contribution >= 0.6 is 27.5 Å². The Morgan fingerprint density at radius 1 is 1.10 bits per heavy atom. The SMILES string of the molecule is COc1cc(Cl)c(C(=O)Cc2ccc(Br)cc2)cc1OC. The van der Waals surface area contributed by atoms with Gasteiger partial charge in [-0.05, 0) is 23.8 Å². The molecule has 0 unspecified atom stereocenters. The van der Waals surface area contributed by atoms with E-state index < -0.39 is 0 Å². The number of Topliss-reactive ketones (excluding diaryl/α,β-unsaturated/α-hetero) is 1. The molecule has 0 N–H and O–H groups in total. The van der Waals surface area contributed by atoms with Crippen molar-refractivity contribution in [1.29, 1.82) is 0 Å². The predicted molar refractivity (Wildman–Crippen MR) is 86.7 cm³/mol. The summed E-state index contributed by atoms with van der Waals surface area (Å²) in [5.74, 6) is 0.923. The van der Waals surface area contributed by atoms with E-state index in [1.165, 1.54) is 14.2 Å². The fraction of sp³-hybridized carbons (Fsp3) is 0.188. The van der Waals surface area contributed by atoms with Gasteiger partial charge in [0.15, 0.2) is 17.3 Å². The van der Waals surface area contributed by atoms with E-state index >= 15 is 0 Å². The lowest BCUT2D eigenvalue weighted by Crippen LogP contribution is -2.05. The Morgan fingerprint density at radius 3 is 2.24 bits per heavy atom. The number of benzene rings is 2. The number of hydrogen-bond acceptors (Lipinski definition) is 3. The molecule has 21 heavy (non-hydrogen) atoms. The number of halogens is 2. The molecule has 0 fully saturated rings. The molecule has 0 aliphatic heterocycles. The van der Waals surface area contributed by atoms with Gasteiger partial charge >= 0.3 is 0 Å². The molecule has 0 aliphatic carbocycles. The molecule has 0 aromatic heterocycles. The van der Waals surface area contributed by atoms with Crippen LogP contribution in [0.5, 0.6) is 11.5 Å². The van der Waals surface area contributed by atoms with Crippen LogP contribution in [0.2, 0.25) is 5.02 Å². The lowest BCUT2D eigenvalue weighted by molar-refractivity contribution is 0.0992. The van der Waals surface area contributed by atoms with Crippen LogP contribution in [0, 0.1) is 0 Å². The molecule has 0 bridgehead atoms. The van der Waals surface area contributed by atoms with Crippen molar-refractivity contribution in [3.05, 3.63) is 57.0 Å². The molecule has 3 nitrogen and oxygen atoms in total. The van der Waals surface area contributed by atoms with Gasteiger partial charge in [-0.3, -0.25) is 4.79 Å². The zero-order chi connectivity index (χ0) is 15.4. The number of rotatable bonds is 5. The molecule has 0 atom stereocenters. The van der Waals surface area contributed by atoms with Crippen molar-refractivity contribution in [1.82, 2.24) is 0 Å². The summed E-state index contributed by atoms with van der Waals surface area (Å²) >= 11 is 9.53. The Kier molecular flexibility index (Phi) is 5.26. The van der Waals surface area contributed by atoms with Gasteiger partial charge in [0.05, 0.1) is 19.2 Å². The molecule has 2 rings (SSSR count). The number of ether oxygens (including phenoxy) is 2. The van der Waals surface area contributed by atoms with Crippen molar-refractivity contribution in [3.63, 3.8) is 0 Å². The average Bonchev–Trinajstić information content (AvgIpc) is 2.49. The van der Waals surface area contributed by atoms with Gasteiger partial charge in [0.2, 0.25) is 0 Å². The Morgan fingerprint density at radius 2 is 1.67 bits per heavy atom. The first-order valence-corrected chi connectivity index (χ1v) is 7.41. The van der Waals surface area contributed by atoms with E-state index in [4.69, 9.17) is 21.1 Å². The standard InChI is InChI=1S/C16H14BrClO3/c1-20-15-8-12(13(18)9-16(15)21-2)14(19)7-10-3-5-11(17)6-4-10/h3-6,8-9H,7H2,1-2H3. The zero-order valence-electron chi connectivity index (χ0n) is 11.7. The molecule has 0 aliphatic rings. The second-order valence-corrected chi connectivity index (χ2v) is 5.74. The van der Waals surface area contributed by atoms with Crippen molar-refractivity contribution < 1.29 is 14.3 Å². The molecule has 2 aromatic carbocycles. The van der Waals surface area contributed by atoms with E-state index in [0.29, 0.717) is 22.1 Å². The van der Waals surface area contributed by atoms with E-state index in [2.05, 4.69) is 15.9 Å². The van der Waals surface area contributed by atoms with E-state index in [1.807, 2.05) is 24.3 Å². The highest BCUT2D eigenvalue weighted by Gasteiger charge is 2.16. The minimum atomic E-state index is -0.0664. The predicted octanol–water partition coefficient (Wildman–Crippen LogP) is 4.55. The summed E-state index contributed by atoms with van der Waals surface area (Å²) in [6.07, 6.45) is 0.280. The number of carbonyl (C=O) groups is 1. The maximum absolute atomic E-state index is 12.4. The van der Waals surface area contributed by atoms with Crippen molar-refractivity contribution in [2.24, 2.45) is 0 Å². The van der Waals surface area contributed by atoms with Gasteiger partial charge in [0.1, 0.15) is 0 Å². The molecule has 0 radical (unpaired) electrons. The molecule has 5 heteroatoms. The summed E-state index contributed by atoms with van der Waals surface area (Å²) in [6, 6.07) is 10.8. The summed E-state index contributed by atoms with van der Waals surface area (Å²) in [4.78, 5) is 12.4. The summed E-state index contributed by atoms with van der Waals surface area (Å²) in [6.45, 7) is 0. The summed E-state index contributed by atoms with van der Waals surface area (Å²) in [7, 11) is 3.05. The fourth-order valence-corrected chi connectivity index (χ4v) is 2.47. The third kappa shape index (κ3) is 3.77. The van der Waals surface area contributed by atoms with E-state index in [0.717, 1.165) is 10.0 Å². The smallest absolute Gasteiger partial charge is 0.168 e. The molecule has 0 spiro atoms. The fourth-order valence-electron chi connectivity index (χ4n) is 1.95. The number of ketones is 1. The van der Waals surface area contributed by atoms with E-state index in [1.54, 1.807) is 12.1 Å². The Hall–Kier alpha value is -1.52. The minimum absolute atomic E-state index is 0.0664. The Bertz CT molecular complexity index is 653. The summed E-state index contributed by atoms with van der Waals surface area (Å²) in [5, 5.41) is 0.356. The van der Waals surface area contributed by atoms with Crippen molar-refractivity contribution in [2.45, 2.75) is 6.42 Å². The van der Waals surface area contributed by atoms with Crippen LogP contribution < -0.4 is 9.47 Å². The second kappa shape index (κ2) is 6.96. The average molecular weight is 370 g/mol. The number of carbonyl (C=O) groups excluding carboxylic acids is 1. The summed E-state index contributed by atoms with van der Waals surface area (Å²) < 4.78 is 11.3. The first-order valence-electron chi connectivity index (χ1n) is 6.24. The van der Waals surface area contributed by atoms with Crippen molar-refractivity contribution >= 4 is 33.3 Å². The van der Waals surface area contributed by atoms with Crippen LogP contribution in [0.15, 0.2) is 40.9 Å². The molecular formula is C16H14BrClO3. The molecule has 110 valence electrons. The maximum Gasteiger partial charge on any atom is 0.168 e. The maximum atomic E-state index is 12.4. The Balaban J connectivity index is 2.28. The Labute approximate surface area is 137 Å². The minimum Gasteiger partial charge on any atom is -0.493 e. The largest absolute Gasteiger partial charge is 0.493 e. The van der Waals surface area contributed by atoms with Crippen molar-refractivity contribution in [2.75, 3.05) is 14.2 Å². The highest BCUT2D eigenvalue weighted by atomic mass is 79.9. The first kappa shape index (κ1) is 15.9. The topological polar surface area (TPSA) is 35.5 Å².